The zero-order valence-electron chi connectivity index (χ0n) is 36.8. The third-order valence-corrected chi connectivity index (χ3v) is 11.6. The van der Waals surface area contributed by atoms with Crippen LogP contribution in [0.2, 0.25) is 5.02 Å². The first-order valence-electron chi connectivity index (χ1n) is 20.9. The Morgan fingerprint density at radius 3 is 1.67 bits per heavy atom. The van der Waals surface area contributed by atoms with Crippen LogP contribution in [0, 0.1) is 0 Å². The predicted molar refractivity (Wildman–Crippen MR) is 254 cm³/mol. The molecule has 2 unspecified atom stereocenters. The molecule has 0 bridgehead atoms. The maximum absolute atomic E-state index is 12.8. The van der Waals surface area contributed by atoms with E-state index in [2.05, 4.69) is 44.9 Å². The fourth-order valence-corrected chi connectivity index (χ4v) is 7.38. The summed E-state index contributed by atoms with van der Waals surface area (Å²) in [5, 5.41) is 5.87. The maximum atomic E-state index is 12.8. The van der Waals surface area contributed by atoms with Crippen LogP contribution in [0.4, 0.5) is 9.59 Å². The molecule has 4 aromatic rings. The van der Waals surface area contributed by atoms with Crippen molar-refractivity contribution in [3.63, 3.8) is 0 Å². The minimum atomic E-state index is -0.680. The smallest absolute Gasteiger partial charge is 0.407 e. The lowest BCUT2D eigenvalue weighted by Gasteiger charge is -2.19. The van der Waals surface area contributed by atoms with E-state index in [4.69, 9.17) is 40.0 Å². The summed E-state index contributed by atoms with van der Waals surface area (Å²) in [5.74, 6) is 1.74. The van der Waals surface area contributed by atoms with Gasteiger partial charge < -0.3 is 39.1 Å². The fourth-order valence-electron chi connectivity index (χ4n) is 5.45. The molecule has 0 aromatic heterocycles. The third-order valence-electron chi connectivity index (χ3n) is 9.04. The molecule has 64 heavy (non-hydrogen) atoms. The summed E-state index contributed by atoms with van der Waals surface area (Å²) in [6.07, 6.45) is 0.356. The van der Waals surface area contributed by atoms with E-state index >= 15 is 0 Å². The van der Waals surface area contributed by atoms with Crippen LogP contribution < -0.4 is 20.1 Å². The first kappa shape index (κ1) is 51.1. The molecule has 0 saturated carbocycles. The summed E-state index contributed by atoms with van der Waals surface area (Å²) < 4.78 is 33.7. The molecule has 2 amide bonds. The molecular formula is C49H57ClN2O10S2. The number of amides is 2. The molecule has 0 heterocycles. The van der Waals surface area contributed by atoms with Gasteiger partial charge in [0.25, 0.3) is 0 Å². The largest absolute Gasteiger partial charge is 0.490 e. The zero-order valence-corrected chi connectivity index (χ0v) is 39.2. The molecule has 0 fully saturated rings. The summed E-state index contributed by atoms with van der Waals surface area (Å²) in [4.78, 5) is 51.5. The van der Waals surface area contributed by atoms with Crippen molar-refractivity contribution >= 4 is 65.3 Å². The number of ether oxygens (including phenoxy) is 6. The van der Waals surface area contributed by atoms with Crippen molar-refractivity contribution in [1.82, 2.24) is 10.6 Å². The SMILES string of the molecule is C=C(C)C(=O)OCCNC(=O)OC(COc1ccc(C(C)C)cc1)CSc1cccc(/C=C/C(=O)OCCNC(=O)OC(COc2ccc(C(C)C)cc2)CSc2ccc(Cl)cc2)c1. The average molecular weight is 934 g/mol. The number of rotatable bonds is 25. The van der Waals surface area contributed by atoms with E-state index in [0.29, 0.717) is 39.9 Å². The molecule has 0 saturated heterocycles. The Kier molecular flexibility index (Phi) is 22.0. The Bertz CT molecular complexity index is 2130. The monoisotopic (exact) mass is 932 g/mol. The van der Waals surface area contributed by atoms with Gasteiger partial charge in [0, 0.05) is 38.0 Å². The summed E-state index contributed by atoms with van der Waals surface area (Å²) >= 11 is 8.99. The number of carbonyl (C=O) groups is 4. The first-order chi connectivity index (χ1) is 30.7. The highest BCUT2D eigenvalue weighted by molar-refractivity contribution is 7.99. The standard InChI is InChI=1S/C49H57ClN2O10S2/c1-33(2)37-11-17-40(18-12-37)59-29-42(31-63-44-21-15-39(50)16-22-44)61-48(55)51-24-26-57-46(53)23-10-36-8-7-9-45(28-36)64-32-43(30-60-41-19-13-38(14-20-41)34(3)4)62-49(56)52-25-27-58-47(54)35(5)6/h7-23,28,33-34,42-43H,5,24-27,29-32H2,1-4,6H3,(H,51,55)(H,52,56)/b23-10+. The Balaban J connectivity index is 1.24. The van der Waals surface area contributed by atoms with Crippen LogP contribution in [0.3, 0.4) is 0 Å². The molecule has 342 valence electrons. The molecule has 0 aliphatic rings. The van der Waals surface area contributed by atoms with Crippen molar-refractivity contribution in [3.8, 4) is 11.5 Å². The van der Waals surface area contributed by atoms with E-state index < -0.39 is 36.3 Å². The number of benzene rings is 4. The van der Waals surface area contributed by atoms with Gasteiger partial charge in [0.05, 0.1) is 13.1 Å². The van der Waals surface area contributed by atoms with Crippen molar-refractivity contribution in [3.05, 3.63) is 137 Å². The third kappa shape index (κ3) is 19.9. The topological polar surface area (TPSA) is 148 Å². The number of alkyl carbamates (subject to hydrolysis) is 2. The summed E-state index contributed by atoms with van der Waals surface area (Å²) in [6.45, 7) is 13.8. The van der Waals surface area contributed by atoms with E-state index in [1.54, 1.807) is 25.1 Å². The van der Waals surface area contributed by atoms with Crippen molar-refractivity contribution in [2.45, 2.75) is 68.5 Å². The van der Waals surface area contributed by atoms with E-state index in [-0.39, 0.29) is 45.1 Å². The van der Waals surface area contributed by atoms with Gasteiger partial charge in [-0.3, -0.25) is 0 Å². The fraction of sp³-hybridized carbons (Fsp3) is 0.347. The van der Waals surface area contributed by atoms with Gasteiger partial charge in [-0.05, 0) is 102 Å². The number of nitrogens with one attached hydrogen (secondary N) is 2. The molecule has 2 N–H and O–H groups in total. The lowest BCUT2D eigenvalue weighted by molar-refractivity contribution is -0.139. The molecule has 0 aliphatic heterocycles. The molecular weight excluding hydrogens is 876 g/mol. The molecule has 15 heteroatoms. The summed E-state index contributed by atoms with van der Waals surface area (Å²) in [6, 6.07) is 30.5. The second-order valence-corrected chi connectivity index (χ2v) is 17.7. The second kappa shape index (κ2) is 27.6. The molecule has 2 atom stereocenters. The normalized spacial score (nSPS) is 12.0. The van der Waals surface area contributed by atoms with Gasteiger partial charge in [0.1, 0.15) is 50.1 Å². The van der Waals surface area contributed by atoms with Gasteiger partial charge in [-0.25, -0.2) is 19.2 Å². The Hall–Kier alpha value is -5.57. The minimum absolute atomic E-state index is 0.0311. The summed E-state index contributed by atoms with van der Waals surface area (Å²) in [7, 11) is 0. The number of thioether (sulfide) groups is 2. The van der Waals surface area contributed by atoms with Crippen LogP contribution in [-0.2, 0) is 28.5 Å². The molecule has 12 nitrogen and oxygen atoms in total. The van der Waals surface area contributed by atoms with Gasteiger partial charge in [-0.15, -0.1) is 23.5 Å². The molecule has 0 aliphatic carbocycles. The number of halogens is 1. The van der Waals surface area contributed by atoms with Crippen LogP contribution in [0.1, 0.15) is 63.1 Å². The van der Waals surface area contributed by atoms with Crippen LogP contribution >= 0.6 is 35.1 Å². The highest BCUT2D eigenvalue weighted by Crippen LogP contribution is 2.25. The lowest BCUT2D eigenvalue weighted by Crippen LogP contribution is -2.35. The van der Waals surface area contributed by atoms with Gasteiger partial charge in [0.15, 0.2) is 0 Å². The Morgan fingerprint density at radius 1 is 0.672 bits per heavy atom. The van der Waals surface area contributed by atoms with E-state index in [1.807, 2.05) is 84.9 Å². The van der Waals surface area contributed by atoms with Crippen LogP contribution in [0.5, 0.6) is 11.5 Å². The maximum Gasteiger partial charge on any atom is 0.407 e. The number of carbonyl (C=O) groups excluding carboxylic acids is 4. The van der Waals surface area contributed by atoms with Crippen molar-refractivity contribution < 1.29 is 47.6 Å². The van der Waals surface area contributed by atoms with Gasteiger partial charge in [0.2, 0.25) is 0 Å². The lowest BCUT2D eigenvalue weighted by atomic mass is 10.0. The van der Waals surface area contributed by atoms with Crippen molar-refractivity contribution in [2.75, 3.05) is 51.0 Å². The second-order valence-electron chi connectivity index (χ2n) is 15.0. The molecule has 4 rings (SSSR count). The highest BCUT2D eigenvalue weighted by atomic mass is 35.5. The van der Waals surface area contributed by atoms with Crippen molar-refractivity contribution in [2.24, 2.45) is 0 Å². The van der Waals surface area contributed by atoms with E-state index in [9.17, 15) is 19.2 Å². The van der Waals surface area contributed by atoms with Gasteiger partial charge in [-0.1, -0.05) is 82.3 Å². The summed E-state index contributed by atoms with van der Waals surface area (Å²) in [5.41, 5.74) is 3.38. The van der Waals surface area contributed by atoms with E-state index in [1.165, 1.54) is 40.7 Å². The number of hydrogen-bond donors (Lipinski definition) is 2. The number of esters is 2. The molecule has 0 spiro atoms. The Morgan fingerprint density at radius 2 is 1.17 bits per heavy atom. The Labute approximate surface area is 389 Å². The molecule has 0 radical (unpaired) electrons. The zero-order chi connectivity index (χ0) is 46.3. The van der Waals surface area contributed by atoms with Gasteiger partial charge in [-0.2, -0.15) is 0 Å². The quantitative estimate of drug-likeness (QED) is 0.0214. The van der Waals surface area contributed by atoms with E-state index in [0.717, 1.165) is 15.4 Å². The predicted octanol–water partition coefficient (Wildman–Crippen LogP) is 10.5. The van der Waals surface area contributed by atoms with Crippen molar-refractivity contribution in [1.29, 1.82) is 0 Å². The first-order valence-corrected chi connectivity index (χ1v) is 23.2. The minimum Gasteiger partial charge on any atom is -0.490 e. The van der Waals surface area contributed by atoms with Gasteiger partial charge >= 0.3 is 24.1 Å². The number of hydrogen-bond acceptors (Lipinski definition) is 12. The average Bonchev–Trinajstić information content (AvgIpc) is 3.28. The van der Waals surface area contributed by atoms with Crippen LogP contribution in [0.15, 0.2) is 125 Å². The van der Waals surface area contributed by atoms with Crippen LogP contribution in [-0.4, -0.2) is 87.4 Å². The molecule has 4 aromatic carbocycles. The highest BCUT2D eigenvalue weighted by Gasteiger charge is 2.19. The van der Waals surface area contributed by atoms with Crippen LogP contribution in [0.25, 0.3) is 6.08 Å².